The number of hydrogen-bond donors (Lipinski definition) is 1. The molecule has 0 radical (unpaired) electrons. The fourth-order valence-electron chi connectivity index (χ4n) is 2.85. The van der Waals surface area contributed by atoms with E-state index in [1.54, 1.807) is 12.1 Å². The lowest BCUT2D eigenvalue weighted by Gasteiger charge is -2.34. The summed E-state index contributed by atoms with van der Waals surface area (Å²) in [6.45, 7) is 5.18. The van der Waals surface area contributed by atoms with E-state index in [0.29, 0.717) is 0 Å². The van der Waals surface area contributed by atoms with Crippen molar-refractivity contribution in [2.45, 2.75) is 44.9 Å². The smallest absolute Gasteiger partial charge is 0.127 e. The molecule has 17 heavy (non-hydrogen) atoms. The Bertz CT molecular complexity index is 318. The van der Waals surface area contributed by atoms with Crippen molar-refractivity contribution in [3.8, 4) is 0 Å². The first-order valence-electron chi connectivity index (χ1n) is 6.59. The van der Waals surface area contributed by atoms with E-state index >= 15 is 0 Å². The average molecular weight is 237 g/mol. The molecule has 0 amide bonds. The SMILES string of the molecule is CCCC(CCC)(CNC)c1ccccc1F. The lowest BCUT2D eigenvalue weighted by Crippen LogP contribution is -2.37. The van der Waals surface area contributed by atoms with E-state index in [0.717, 1.165) is 37.8 Å². The molecule has 0 spiro atoms. The van der Waals surface area contributed by atoms with Crippen molar-refractivity contribution < 1.29 is 4.39 Å². The minimum absolute atomic E-state index is 0.0520. The monoisotopic (exact) mass is 237 g/mol. The highest BCUT2D eigenvalue weighted by Gasteiger charge is 2.31. The largest absolute Gasteiger partial charge is 0.319 e. The zero-order valence-electron chi connectivity index (χ0n) is 11.2. The molecule has 0 aliphatic heterocycles. The summed E-state index contributed by atoms with van der Waals surface area (Å²) in [4.78, 5) is 0. The number of halogens is 1. The van der Waals surface area contributed by atoms with Crippen LogP contribution in [0.3, 0.4) is 0 Å². The molecule has 1 nitrogen and oxygen atoms in total. The van der Waals surface area contributed by atoms with Gasteiger partial charge in [-0.15, -0.1) is 0 Å². The Kier molecular flexibility index (Phi) is 5.63. The second kappa shape index (κ2) is 6.75. The van der Waals surface area contributed by atoms with Gasteiger partial charge in [-0.1, -0.05) is 44.9 Å². The maximum Gasteiger partial charge on any atom is 0.127 e. The van der Waals surface area contributed by atoms with Crippen molar-refractivity contribution in [1.29, 1.82) is 0 Å². The lowest BCUT2D eigenvalue weighted by atomic mass is 9.73. The molecule has 0 atom stereocenters. The summed E-state index contributed by atoms with van der Waals surface area (Å²) in [5.41, 5.74) is 0.821. The second-order valence-corrected chi connectivity index (χ2v) is 4.79. The van der Waals surface area contributed by atoms with Crippen LogP contribution in [-0.4, -0.2) is 13.6 Å². The van der Waals surface area contributed by atoms with Crippen molar-refractivity contribution in [3.63, 3.8) is 0 Å². The van der Waals surface area contributed by atoms with E-state index < -0.39 is 0 Å². The molecule has 0 aliphatic rings. The van der Waals surface area contributed by atoms with Crippen LogP contribution in [0, 0.1) is 5.82 Å². The summed E-state index contributed by atoms with van der Waals surface area (Å²) in [5, 5.41) is 3.24. The number of hydrogen-bond acceptors (Lipinski definition) is 1. The number of nitrogens with one attached hydrogen (secondary N) is 1. The molecule has 1 aromatic rings. The third-order valence-electron chi connectivity index (χ3n) is 3.42. The van der Waals surface area contributed by atoms with Gasteiger partial charge in [0.05, 0.1) is 0 Å². The van der Waals surface area contributed by atoms with Crippen LogP contribution in [0.15, 0.2) is 24.3 Å². The van der Waals surface area contributed by atoms with Gasteiger partial charge in [-0.05, 0) is 31.5 Å². The van der Waals surface area contributed by atoms with Crippen molar-refractivity contribution in [3.05, 3.63) is 35.6 Å². The third-order valence-corrected chi connectivity index (χ3v) is 3.42. The zero-order chi connectivity index (χ0) is 12.7. The molecule has 0 fully saturated rings. The van der Waals surface area contributed by atoms with E-state index in [-0.39, 0.29) is 11.2 Å². The van der Waals surface area contributed by atoms with Crippen LogP contribution in [-0.2, 0) is 5.41 Å². The molecule has 0 heterocycles. The van der Waals surface area contributed by atoms with Gasteiger partial charge in [0.1, 0.15) is 5.82 Å². The Labute approximate surface area is 104 Å². The fraction of sp³-hybridized carbons (Fsp3) is 0.600. The van der Waals surface area contributed by atoms with Crippen molar-refractivity contribution in [1.82, 2.24) is 5.32 Å². The molecule has 0 unspecified atom stereocenters. The van der Waals surface area contributed by atoms with Gasteiger partial charge < -0.3 is 5.32 Å². The molecule has 1 N–H and O–H groups in total. The Balaban J connectivity index is 3.14. The van der Waals surface area contributed by atoms with E-state index in [9.17, 15) is 4.39 Å². The highest BCUT2D eigenvalue weighted by Crippen LogP contribution is 2.35. The van der Waals surface area contributed by atoms with Crippen LogP contribution >= 0.6 is 0 Å². The van der Waals surface area contributed by atoms with Gasteiger partial charge in [0.2, 0.25) is 0 Å². The Morgan fingerprint density at radius 3 is 2.18 bits per heavy atom. The van der Waals surface area contributed by atoms with Gasteiger partial charge in [0, 0.05) is 12.0 Å². The molecule has 2 heteroatoms. The first-order valence-corrected chi connectivity index (χ1v) is 6.59. The van der Waals surface area contributed by atoms with Crippen molar-refractivity contribution in [2.75, 3.05) is 13.6 Å². The first kappa shape index (κ1) is 14.2. The maximum absolute atomic E-state index is 14.0. The van der Waals surface area contributed by atoms with Gasteiger partial charge in [-0.3, -0.25) is 0 Å². The van der Waals surface area contributed by atoms with E-state index in [1.807, 2.05) is 19.2 Å². The zero-order valence-corrected chi connectivity index (χ0v) is 11.2. The van der Waals surface area contributed by atoms with Crippen LogP contribution < -0.4 is 5.32 Å². The van der Waals surface area contributed by atoms with Crippen LogP contribution in [0.25, 0.3) is 0 Å². The Morgan fingerprint density at radius 1 is 1.12 bits per heavy atom. The van der Waals surface area contributed by atoms with Crippen LogP contribution in [0.5, 0.6) is 0 Å². The number of benzene rings is 1. The van der Waals surface area contributed by atoms with Crippen LogP contribution in [0.4, 0.5) is 4.39 Å². The highest BCUT2D eigenvalue weighted by atomic mass is 19.1. The van der Waals surface area contributed by atoms with Gasteiger partial charge in [-0.25, -0.2) is 4.39 Å². The van der Waals surface area contributed by atoms with Crippen LogP contribution in [0.2, 0.25) is 0 Å². The summed E-state index contributed by atoms with van der Waals surface area (Å²) in [7, 11) is 1.95. The average Bonchev–Trinajstić information content (AvgIpc) is 2.30. The normalized spacial score (nSPS) is 11.8. The predicted octanol–water partition coefficient (Wildman–Crippen LogP) is 3.88. The summed E-state index contributed by atoms with van der Waals surface area (Å²) < 4.78 is 14.0. The van der Waals surface area contributed by atoms with Gasteiger partial charge in [0.15, 0.2) is 0 Å². The minimum Gasteiger partial charge on any atom is -0.319 e. The maximum atomic E-state index is 14.0. The van der Waals surface area contributed by atoms with E-state index in [4.69, 9.17) is 0 Å². The summed E-state index contributed by atoms with van der Waals surface area (Å²) in [5.74, 6) is -0.0651. The number of rotatable bonds is 7. The molecule has 1 aromatic carbocycles. The second-order valence-electron chi connectivity index (χ2n) is 4.79. The Morgan fingerprint density at radius 2 is 1.71 bits per heavy atom. The lowest BCUT2D eigenvalue weighted by molar-refractivity contribution is 0.332. The molecule has 0 bridgehead atoms. The van der Waals surface area contributed by atoms with Crippen LogP contribution in [0.1, 0.15) is 45.1 Å². The number of likely N-dealkylation sites (N-methyl/N-ethyl adjacent to an activating group) is 1. The standard InChI is InChI=1S/C15H24FN/c1-4-10-15(11-5-2,12-17-3)13-8-6-7-9-14(13)16/h6-9,17H,4-5,10-12H2,1-3H3. The first-order chi connectivity index (χ1) is 8.20. The van der Waals surface area contributed by atoms with Crippen molar-refractivity contribution in [2.24, 2.45) is 0 Å². The third kappa shape index (κ3) is 3.29. The Hall–Kier alpha value is -0.890. The minimum atomic E-state index is -0.0651. The molecule has 0 saturated heterocycles. The van der Waals surface area contributed by atoms with Gasteiger partial charge in [0.25, 0.3) is 0 Å². The summed E-state index contributed by atoms with van der Waals surface area (Å²) >= 11 is 0. The molecule has 96 valence electrons. The quantitative estimate of drug-likeness (QED) is 0.758. The summed E-state index contributed by atoms with van der Waals surface area (Å²) in [6, 6.07) is 7.22. The molecule has 0 aliphatic carbocycles. The molecular formula is C15H24FN. The fourth-order valence-corrected chi connectivity index (χ4v) is 2.85. The van der Waals surface area contributed by atoms with E-state index in [1.165, 1.54) is 0 Å². The molecule has 0 aromatic heterocycles. The summed E-state index contributed by atoms with van der Waals surface area (Å²) in [6.07, 6.45) is 4.22. The molecule has 0 saturated carbocycles. The molecular weight excluding hydrogens is 213 g/mol. The van der Waals surface area contributed by atoms with Gasteiger partial charge >= 0.3 is 0 Å². The van der Waals surface area contributed by atoms with Gasteiger partial charge in [-0.2, -0.15) is 0 Å². The predicted molar refractivity (Wildman–Crippen MR) is 71.8 cm³/mol. The highest BCUT2D eigenvalue weighted by molar-refractivity contribution is 5.27. The molecule has 1 rings (SSSR count). The van der Waals surface area contributed by atoms with Crippen molar-refractivity contribution >= 4 is 0 Å². The topological polar surface area (TPSA) is 12.0 Å². The van der Waals surface area contributed by atoms with E-state index in [2.05, 4.69) is 19.2 Å².